The highest BCUT2D eigenvalue weighted by atomic mass is 32.2. The Morgan fingerprint density at radius 3 is 2.11 bits per heavy atom. The van der Waals surface area contributed by atoms with Gasteiger partial charge >= 0.3 is 5.97 Å². The molecule has 7 nitrogen and oxygen atoms in total. The Balaban J connectivity index is 0.000000184. The average molecular weight is 269 g/mol. The third kappa shape index (κ3) is 4.36. The van der Waals surface area contributed by atoms with Crippen LogP contribution < -0.4 is 5.14 Å². The number of sulfonamides is 1. The van der Waals surface area contributed by atoms with E-state index >= 15 is 0 Å². The highest BCUT2D eigenvalue weighted by molar-refractivity contribution is 7.89. The van der Waals surface area contributed by atoms with Gasteiger partial charge in [0.05, 0.1) is 4.90 Å². The van der Waals surface area contributed by atoms with E-state index in [9.17, 15) is 13.2 Å². The molecule has 8 heteroatoms. The standard InChI is InChI=1S/C6H7NO2S.C4H4N2O2/c7-10(8,9)6-4-2-1-3-5-6;7-4(8)3-1-2-5-6-3/h1-5H,(H2,7,8,9);1-2H,(H,5,6)(H,7,8). The number of nitrogens with one attached hydrogen (secondary N) is 1. The number of aromatic amines is 1. The molecule has 0 aliphatic heterocycles. The van der Waals surface area contributed by atoms with E-state index in [2.05, 4.69) is 10.2 Å². The zero-order valence-electron chi connectivity index (χ0n) is 9.15. The Labute approximate surface area is 103 Å². The number of nitrogens with zero attached hydrogens (tertiary/aromatic N) is 1. The van der Waals surface area contributed by atoms with Crippen molar-refractivity contribution in [3.8, 4) is 0 Å². The molecule has 1 heterocycles. The number of hydrogen-bond acceptors (Lipinski definition) is 4. The van der Waals surface area contributed by atoms with Crippen molar-refractivity contribution < 1.29 is 18.3 Å². The van der Waals surface area contributed by atoms with Gasteiger partial charge < -0.3 is 5.11 Å². The highest BCUT2D eigenvalue weighted by Gasteiger charge is 2.03. The van der Waals surface area contributed by atoms with Gasteiger partial charge in [0.1, 0.15) is 0 Å². The lowest BCUT2D eigenvalue weighted by Crippen LogP contribution is -2.11. The van der Waals surface area contributed by atoms with Gasteiger partial charge in [-0.2, -0.15) is 5.10 Å². The molecule has 96 valence electrons. The molecule has 0 aliphatic rings. The van der Waals surface area contributed by atoms with E-state index in [0.29, 0.717) is 0 Å². The molecular weight excluding hydrogens is 258 g/mol. The molecular formula is C10H11N3O4S. The number of hydrogen-bond donors (Lipinski definition) is 3. The van der Waals surface area contributed by atoms with Crippen molar-refractivity contribution in [3.05, 3.63) is 48.3 Å². The van der Waals surface area contributed by atoms with E-state index in [1.54, 1.807) is 18.2 Å². The quantitative estimate of drug-likeness (QED) is 0.729. The largest absolute Gasteiger partial charge is 0.476 e. The monoisotopic (exact) mass is 269 g/mol. The number of primary sulfonamides is 1. The zero-order valence-corrected chi connectivity index (χ0v) is 9.96. The van der Waals surface area contributed by atoms with Crippen molar-refractivity contribution in [2.75, 3.05) is 0 Å². The Morgan fingerprint density at radius 2 is 1.83 bits per heavy atom. The van der Waals surface area contributed by atoms with Gasteiger partial charge in [0, 0.05) is 6.20 Å². The highest BCUT2D eigenvalue weighted by Crippen LogP contribution is 2.03. The predicted molar refractivity (Wildman–Crippen MR) is 63.4 cm³/mol. The molecule has 2 aromatic rings. The summed E-state index contributed by atoms with van der Waals surface area (Å²) in [5.41, 5.74) is 0.0463. The first-order valence-corrected chi connectivity index (χ1v) is 6.27. The summed E-state index contributed by atoms with van der Waals surface area (Å²) in [5.74, 6) is -1.01. The van der Waals surface area contributed by atoms with Crippen LogP contribution in [0, 0.1) is 0 Å². The SMILES string of the molecule is NS(=O)(=O)c1ccccc1.O=C(O)c1cc[nH]n1. The maximum absolute atomic E-state index is 10.6. The minimum atomic E-state index is -3.50. The van der Waals surface area contributed by atoms with Crippen molar-refractivity contribution >= 4 is 16.0 Å². The number of H-pyrrole nitrogens is 1. The van der Waals surface area contributed by atoms with Crippen LogP contribution in [0.15, 0.2) is 47.5 Å². The van der Waals surface area contributed by atoms with Gasteiger partial charge in [-0.3, -0.25) is 5.10 Å². The first-order valence-electron chi connectivity index (χ1n) is 4.72. The molecule has 18 heavy (non-hydrogen) atoms. The van der Waals surface area contributed by atoms with Gasteiger partial charge in [0.25, 0.3) is 0 Å². The minimum absolute atomic E-state index is 0.0463. The number of benzene rings is 1. The zero-order chi connectivity index (χ0) is 13.6. The Hall–Kier alpha value is -2.19. The number of carbonyl (C=O) groups is 1. The fraction of sp³-hybridized carbons (Fsp3) is 0. The van der Waals surface area contributed by atoms with Gasteiger partial charge in [-0.15, -0.1) is 0 Å². The Morgan fingerprint density at radius 1 is 1.22 bits per heavy atom. The molecule has 0 radical (unpaired) electrons. The van der Waals surface area contributed by atoms with Gasteiger partial charge in [0.15, 0.2) is 5.69 Å². The van der Waals surface area contributed by atoms with E-state index in [0.717, 1.165) is 0 Å². The van der Waals surface area contributed by atoms with E-state index in [-0.39, 0.29) is 10.6 Å². The summed E-state index contributed by atoms with van der Waals surface area (Å²) in [7, 11) is -3.50. The van der Waals surface area contributed by atoms with Crippen LogP contribution in [0.25, 0.3) is 0 Å². The minimum Gasteiger partial charge on any atom is -0.476 e. The molecule has 1 aromatic carbocycles. The molecule has 4 N–H and O–H groups in total. The molecule has 0 spiro atoms. The third-order valence-electron chi connectivity index (χ3n) is 1.79. The first-order chi connectivity index (χ1) is 8.41. The lowest BCUT2D eigenvalue weighted by molar-refractivity contribution is 0.0690. The molecule has 0 atom stereocenters. The summed E-state index contributed by atoms with van der Waals surface area (Å²) in [5, 5.41) is 18.8. The summed E-state index contributed by atoms with van der Waals surface area (Å²) in [6.07, 6.45) is 1.46. The number of aromatic carboxylic acids is 1. The first kappa shape index (κ1) is 13.9. The van der Waals surface area contributed by atoms with Crippen LogP contribution in [0.5, 0.6) is 0 Å². The van der Waals surface area contributed by atoms with Crippen molar-refractivity contribution in [1.82, 2.24) is 10.2 Å². The molecule has 0 bridgehead atoms. The molecule has 0 unspecified atom stereocenters. The molecule has 0 amide bonds. The number of carboxylic acid groups (broad SMARTS) is 1. The van der Waals surface area contributed by atoms with Crippen LogP contribution in [0.4, 0.5) is 0 Å². The van der Waals surface area contributed by atoms with E-state index in [4.69, 9.17) is 10.2 Å². The van der Waals surface area contributed by atoms with Crippen molar-refractivity contribution in [2.45, 2.75) is 4.90 Å². The van der Waals surface area contributed by atoms with Crippen molar-refractivity contribution in [2.24, 2.45) is 5.14 Å². The second-order valence-corrected chi connectivity index (χ2v) is 4.68. The maximum Gasteiger partial charge on any atom is 0.356 e. The molecule has 2 rings (SSSR count). The fourth-order valence-electron chi connectivity index (χ4n) is 0.990. The Kier molecular flexibility index (Phi) is 4.58. The van der Waals surface area contributed by atoms with E-state index in [1.807, 2.05) is 0 Å². The maximum atomic E-state index is 10.6. The molecule has 0 aliphatic carbocycles. The lowest BCUT2D eigenvalue weighted by Gasteiger charge is -1.93. The number of rotatable bonds is 2. The van der Waals surface area contributed by atoms with Crippen LogP contribution in [0.1, 0.15) is 10.5 Å². The molecule has 0 fully saturated rings. The molecule has 1 aromatic heterocycles. The van der Waals surface area contributed by atoms with Crippen molar-refractivity contribution in [3.63, 3.8) is 0 Å². The van der Waals surface area contributed by atoms with Gasteiger partial charge in [-0.1, -0.05) is 18.2 Å². The van der Waals surface area contributed by atoms with Gasteiger partial charge in [-0.25, -0.2) is 18.4 Å². The summed E-state index contributed by atoms with van der Waals surface area (Å²) in [6, 6.07) is 9.28. The number of nitrogens with two attached hydrogens (primary N) is 1. The molecule has 0 saturated carbocycles. The fourth-order valence-corrected chi connectivity index (χ4v) is 1.53. The normalized spacial score (nSPS) is 10.3. The number of carboxylic acids is 1. The van der Waals surface area contributed by atoms with Crippen LogP contribution in [0.3, 0.4) is 0 Å². The van der Waals surface area contributed by atoms with Crippen LogP contribution >= 0.6 is 0 Å². The van der Waals surface area contributed by atoms with E-state index in [1.165, 1.54) is 24.4 Å². The summed E-state index contributed by atoms with van der Waals surface area (Å²) >= 11 is 0. The summed E-state index contributed by atoms with van der Waals surface area (Å²) in [6.45, 7) is 0. The second-order valence-electron chi connectivity index (χ2n) is 3.12. The van der Waals surface area contributed by atoms with E-state index < -0.39 is 16.0 Å². The average Bonchev–Trinajstić information content (AvgIpc) is 2.83. The van der Waals surface area contributed by atoms with Crippen LogP contribution in [-0.2, 0) is 10.0 Å². The third-order valence-corrected chi connectivity index (χ3v) is 2.72. The van der Waals surface area contributed by atoms with Crippen LogP contribution in [0.2, 0.25) is 0 Å². The summed E-state index contributed by atoms with van der Waals surface area (Å²) < 4.78 is 21.2. The van der Waals surface area contributed by atoms with Crippen molar-refractivity contribution in [1.29, 1.82) is 0 Å². The molecule has 0 saturated heterocycles. The smallest absolute Gasteiger partial charge is 0.356 e. The summed E-state index contributed by atoms with van der Waals surface area (Å²) in [4.78, 5) is 10.1. The van der Waals surface area contributed by atoms with Gasteiger partial charge in [0.2, 0.25) is 10.0 Å². The number of aromatic nitrogens is 2. The lowest BCUT2D eigenvalue weighted by atomic mass is 10.4. The van der Waals surface area contributed by atoms with Crippen LogP contribution in [-0.4, -0.2) is 29.7 Å². The predicted octanol–water partition coefficient (Wildman–Crippen LogP) is 0.442. The second kappa shape index (κ2) is 5.94. The Bertz CT molecular complexity index is 593. The topological polar surface area (TPSA) is 126 Å². The van der Waals surface area contributed by atoms with Gasteiger partial charge in [-0.05, 0) is 18.2 Å².